The van der Waals surface area contributed by atoms with Crippen molar-refractivity contribution in [3.63, 3.8) is 0 Å². The van der Waals surface area contributed by atoms with E-state index < -0.39 is 0 Å². The zero-order chi connectivity index (χ0) is 17.9. The molecular weight excluding hydrogens is 328 g/mol. The molecule has 0 amide bonds. The molecule has 0 saturated heterocycles. The molecule has 3 aromatic rings. The highest BCUT2D eigenvalue weighted by atomic mass is 16.6. The molecule has 1 aliphatic rings. The first-order valence-corrected chi connectivity index (χ1v) is 8.77. The van der Waals surface area contributed by atoms with E-state index in [4.69, 9.17) is 9.47 Å². The highest BCUT2D eigenvalue weighted by Gasteiger charge is 2.23. The van der Waals surface area contributed by atoms with E-state index in [1.807, 2.05) is 16.7 Å². The smallest absolute Gasteiger partial charge is 0.300 e. The fourth-order valence-electron chi connectivity index (χ4n) is 3.04. The molecule has 1 aliphatic heterocycles. The minimum atomic E-state index is -0.291. The van der Waals surface area contributed by atoms with Crippen LogP contribution in [0.15, 0.2) is 65.6 Å². The minimum absolute atomic E-state index is 0.148. The third-order valence-corrected chi connectivity index (χ3v) is 4.48. The summed E-state index contributed by atoms with van der Waals surface area (Å²) in [5.41, 5.74) is 3.41. The molecule has 0 N–H and O–H groups in total. The number of benzene rings is 2. The molecule has 0 bridgehead atoms. The van der Waals surface area contributed by atoms with Crippen LogP contribution in [-0.2, 0) is 13.0 Å². The summed E-state index contributed by atoms with van der Waals surface area (Å²) in [6.07, 6.45) is 2.58. The number of hydrogen-bond acceptors (Lipinski definition) is 4. The monoisotopic (exact) mass is 348 g/mol. The predicted octanol–water partition coefficient (Wildman–Crippen LogP) is 3.31. The molecule has 4 rings (SSSR count). The summed E-state index contributed by atoms with van der Waals surface area (Å²) in [5, 5.41) is 0. The van der Waals surface area contributed by atoms with Gasteiger partial charge in [0, 0.05) is 12.3 Å². The van der Waals surface area contributed by atoms with Gasteiger partial charge in [-0.05, 0) is 35.2 Å². The second-order valence-corrected chi connectivity index (χ2v) is 6.33. The average Bonchev–Trinajstić information content (AvgIpc) is 3.09. The summed E-state index contributed by atoms with van der Waals surface area (Å²) >= 11 is 0. The molecule has 2 heterocycles. The van der Waals surface area contributed by atoms with E-state index in [0.717, 1.165) is 12.2 Å². The molecular formula is C21H20N2O3. The second-order valence-electron chi connectivity index (χ2n) is 6.33. The zero-order valence-corrected chi connectivity index (χ0v) is 14.6. The number of aryl methyl sites for hydroxylation is 1. The van der Waals surface area contributed by atoms with Crippen LogP contribution in [0.25, 0.3) is 11.1 Å². The van der Waals surface area contributed by atoms with Crippen LogP contribution in [0.4, 0.5) is 0 Å². The van der Waals surface area contributed by atoms with Crippen molar-refractivity contribution in [2.24, 2.45) is 0 Å². The normalized spacial score (nSPS) is 15.3. The molecule has 1 aromatic heterocycles. The Morgan fingerprint density at radius 1 is 1.15 bits per heavy atom. The van der Waals surface area contributed by atoms with Crippen molar-refractivity contribution in [2.45, 2.75) is 26.0 Å². The zero-order valence-electron chi connectivity index (χ0n) is 14.6. The van der Waals surface area contributed by atoms with Crippen molar-refractivity contribution in [1.29, 1.82) is 0 Å². The van der Waals surface area contributed by atoms with Crippen LogP contribution in [0.3, 0.4) is 0 Å². The quantitative estimate of drug-likeness (QED) is 0.710. The molecule has 0 fully saturated rings. The molecule has 132 valence electrons. The fraction of sp³-hybridized carbons (Fsp3) is 0.238. The molecule has 1 atom stereocenters. The van der Waals surface area contributed by atoms with Gasteiger partial charge in [0.1, 0.15) is 12.4 Å². The summed E-state index contributed by atoms with van der Waals surface area (Å²) < 4.78 is 13.3. The van der Waals surface area contributed by atoms with Gasteiger partial charge in [-0.2, -0.15) is 4.98 Å². The predicted molar refractivity (Wildman–Crippen MR) is 99.7 cm³/mol. The Bertz CT molecular complexity index is 963. The van der Waals surface area contributed by atoms with Crippen LogP contribution >= 0.6 is 0 Å². The van der Waals surface area contributed by atoms with Crippen molar-refractivity contribution in [1.82, 2.24) is 9.55 Å². The molecule has 5 nitrogen and oxygen atoms in total. The highest BCUT2D eigenvalue weighted by molar-refractivity contribution is 5.64. The van der Waals surface area contributed by atoms with Crippen LogP contribution < -0.4 is 15.0 Å². The van der Waals surface area contributed by atoms with Gasteiger partial charge in [0.15, 0.2) is 6.10 Å². The lowest BCUT2D eigenvalue weighted by molar-refractivity contribution is 0.143. The van der Waals surface area contributed by atoms with Crippen molar-refractivity contribution in [3.8, 4) is 22.9 Å². The van der Waals surface area contributed by atoms with Crippen molar-refractivity contribution in [2.75, 3.05) is 6.61 Å². The van der Waals surface area contributed by atoms with Gasteiger partial charge >= 0.3 is 0 Å². The maximum absolute atomic E-state index is 11.3. The molecule has 2 aromatic carbocycles. The SMILES string of the molecule is CCc1cccc(-c2ccc(OC[C@@H]3Cn4ccc(=O)nc4O3)cc2)c1. The number of hydrogen-bond donors (Lipinski definition) is 0. The molecule has 0 spiro atoms. The summed E-state index contributed by atoms with van der Waals surface area (Å²) in [5.74, 6) is 0.794. The van der Waals surface area contributed by atoms with E-state index in [9.17, 15) is 4.79 Å². The van der Waals surface area contributed by atoms with E-state index in [1.54, 1.807) is 6.20 Å². The van der Waals surface area contributed by atoms with E-state index in [2.05, 4.69) is 48.3 Å². The van der Waals surface area contributed by atoms with Crippen molar-refractivity contribution in [3.05, 3.63) is 76.7 Å². The molecule has 26 heavy (non-hydrogen) atoms. The van der Waals surface area contributed by atoms with Crippen LogP contribution in [0, 0.1) is 0 Å². The van der Waals surface area contributed by atoms with Crippen LogP contribution in [0.2, 0.25) is 0 Å². The Labute approximate surface area is 151 Å². The Kier molecular flexibility index (Phi) is 4.44. The van der Waals surface area contributed by atoms with Gasteiger partial charge < -0.3 is 9.47 Å². The van der Waals surface area contributed by atoms with Gasteiger partial charge in [0.2, 0.25) is 0 Å². The highest BCUT2D eigenvalue weighted by Crippen LogP contribution is 2.24. The van der Waals surface area contributed by atoms with Gasteiger partial charge in [-0.15, -0.1) is 0 Å². The van der Waals surface area contributed by atoms with Gasteiger partial charge in [0.05, 0.1) is 6.54 Å². The summed E-state index contributed by atoms with van der Waals surface area (Å²) in [7, 11) is 0. The maximum atomic E-state index is 11.3. The average molecular weight is 348 g/mol. The number of ether oxygens (including phenoxy) is 2. The molecule has 0 unspecified atom stereocenters. The largest absolute Gasteiger partial charge is 0.490 e. The number of aromatic nitrogens is 2. The lowest BCUT2D eigenvalue weighted by Crippen LogP contribution is -2.23. The van der Waals surface area contributed by atoms with Crippen LogP contribution in [-0.4, -0.2) is 22.3 Å². The molecule has 5 heteroatoms. The van der Waals surface area contributed by atoms with Gasteiger partial charge in [0.25, 0.3) is 11.6 Å². The van der Waals surface area contributed by atoms with Gasteiger partial charge in [-0.25, -0.2) is 0 Å². The van der Waals surface area contributed by atoms with E-state index in [-0.39, 0.29) is 11.7 Å². The third-order valence-electron chi connectivity index (χ3n) is 4.48. The van der Waals surface area contributed by atoms with Gasteiger partial charge in [-0.1, -0.05) is 43.3 Å². The van der Waals surface area contributed by atoms with Crippen molar-refractivity contribution < 1.29 is 9.47 Å². The number of rotatable bonds is 5. The Hall–Kier alpha value is -3.08. The summed E-state index contributed by atoms with van der Waals surface area (Å²) in [4.78, 5) is 15.1. The maximum Gasteiger partial charge on any atom is 0.300 e. The standard InChI is InChI=1S/C21H20N2O3/c1-2-15-4-3-5-17(12-15)16-6-8-18(9-7-16)25-14-19-13-23-11-10-20(24)22-21(23)26-19/h3-12,19H,2,13-14H2,1H3/t19-/m0/s1. The summed E-state index contributed by atoms with van der Waals surface area (Å²) in [6.45, 7) is 3.19. The fourth-order valence-corrected chi connectivity index (χ4v) is 3.04. The lowest BCUT2D eigenvalue weighted by Gasteiger charge is -2.11. The topological polar surface area (TPSA) is 53.4 Å². The van der Waals surface area contributed by atoms with Crippen molar-refractivity contribution >= 4 is 0 Å². The van der Waals surface area contributed by atoms with E-state index >= 15 is 0 Å². The van der Waals surface area contributed by atoms with Gasteiger partial charge in [-0.3, -0.25) is 9.36 Å². The molecule has 0 radical (unpaired) electrons. The first kappa shape index (κ1) is 16.4. The summed E-state index contributed by atoms with van der Waals surface area (Å²) in [6, 6.07) is 18.4. The Balaban J connectivity index is 1.38. The second kappa shape index (κ2) is 7.04. The Morgan fingerprint density at radius 2 is 2.00 bits per heavy atom. The number of nitrogens with zero attached hydrogens (tertiary/aromatic N) is 2. The Morgan fingerprint density at radius 3 is 2.81 bits per heavy atom. The van der Waals surface area contributed by atoms with E-state index in [1.165, 1.54) is 22.8 Å². The number of fused-ring (bicyclic) bond motifs is 1. The lowest BCUT2D eigenvalue weighted by atomic mass is 10.0. The molecule has 0 saturated carbocycles. The van der Waals surface area contributed by atoms with Crippen LogP contribution in [0.1, 0.15) is 12.5 Å². The van der Waals surface area contributed by atoms with Crippen LogP contribution in [0.5, 0.6) is 11.8 Å². The first-order chi connectivity index (χ1) is 12.7. The van der Waals surface area contributed by atoms with E-state index in [0.29, 0.717) is 19.2 Å². The minimum Gasteiger partial charge on any atom is -0.490 e. The first-order valence-electron chi connectivity index (χ1n) is 8.77. The third kappa shape index (κ3) is 3.47. The molecule has 0 aliphatic carbocycles.